The Morgan fingerprint density at radius 2 is 2.23 bits per heavy atom. The van der Waals surface area contributed by atoms with Gasteiger partial charge in [-0.2, -0.15) is 5.10 Å². The third-order valence-corrected chi connectivity index (χ3v) is 4.64. The van der Waals surface area contributed by atoms with Crippen LogP contribution < -0.4 is 5.32 Å². The Labute approximate surface area is 131 Å². The van der Waals surface area contributed by atoms with Crippen molar-refractivity contribution >= 4 is 5.91 Å². The van der Waals surface area contributed by atoms with Crippen LogP contribution in [0.3, 0.4) is 0 Å². The van der Waals surface area contributed by atoms with Crippen molar-refractivity contribution in [2.24, 2.45) is 18.9 Å². The molecule has 22 heavy (non-hydrogen) atoms. The van der Waals surface area contributed by atoms with E-state index in [0.717, 1.165) is 38.2 Å². The topological polar surface area (TPSA) is 59.4 Å². The molecule has 1 aliphatic heterocycles. The van der Waals surface area contributed by atoms with Crippen molar-refractivity contribution in [3.05, 3.63) is 17.5 Å². The summed E-state index contributed by atoms with van der Waals surface area (Å²) >= 11 is 0. The Kier molecular flexibility index (Phi) is 4.49. The lowest BCUT2D eigenvalue weighted by molar-refractivity contribution is -0.126. The number of nitrogens with one attached hydrogen (secondary N) is 1. The fraction of sp³-hybridized carbons (Fsp3) is 0.750. The number of rotatable bonds is 6. The Balaban J connectivity index is 1.63. The Morgan fingerprint density at radius 3 is 2.82 bits per heavy atom. The van der Waals surface area contributed by atoms with E-state index in [1.807, 2.05) is 18.7 Å². The highest BCUT2D eigenvalue weighted by Crippen LogP contribution is 2.27. The van der Waals surface area contributed by atoms with Crippen molar-refractivity contribution in [2.75, 3.05) is 26.8 Å². The first kappa shape index (κ1) is 15.5. The highest BCUT2D eigenvalue weighted by atomic mass is 16.5. The molecule has 6 nitrogen and oxygen atoms in total. The molecule has 0 unspecified atom stereocenters. The van der Waals surface area contributed by atoms with Crippen LogP contribution in [0.2, 0.25) is 0 Å². The van der Waals surface area contributed by atoms with Gasteiger partial charge in [0.15, 0.2) is 0 Å². The number of aromatic nitrogens is 2. The van der Waals surface area contributed by atoms with E-state index in [2.05, 4.69) is 21.4 Å². The molecule has 1 N–H and O–H groups in total. The first-order valence-corrected chi connectivity index (χ1v) is 8.08. The summed E-state index contributed by atoms with van der Waals surface area (Å²) < 4.78 is 7.26. The van der Waals surface area contributed by atoms with E-state index in [9.17, 15) is 4.79 Å². The van der Waals surface area contributed by atoms with Crippen LogP contribution in [-0.4, -0.2) is 53.4 Å². The molecule has 0 aromatic carbocycles. The monoisotopic (exact) mass is 306 g/mol. The van der Waals surface area contributed by atoms with Crippen LogP contribution in [-0.2, 0) is 23.1 Å². The minimum Gasteiger partial charge on any atom is -0.384 e. The minimum atomic E-state index is 0.0369. The van der Waals surface area contributed by atoms with Crippen LogP contribution in [0.1, 0.15) is 24.2 Å². The molecule has 0 spiro atoms. The molecule has 1 aliphatic carbocycles. The maximum atomic E-state index is 12.4. The molecule has 122 valence electrons. The van der Waals surface area contributed by atoms with Crippen molar-refractivity contribution in [3.63, 3.8) is 0 Å². The van der Waals surface area contributed by atoms with Gasteiger partial charge >= 0.3 is 0 Å². The normalized spacial score (nSPS) is 25.6. The SMILES string of the molecule is COC[C@@H]1CN(Cc2cc(C)nn2C)C[C@H]1C(=O)NC1CC1. The molecule has 2 atom stereocenters. The number of ether oxygens (including phenoxy) is 1. The van der Waals surface area contributed by atoms with Crippen molar-refractivity contribution in [1.29, 1.82) is 0 Å². The van der Waals surface area contributed by atoms with Gasteiger partial charge in [-0.15, -0.1) is 0 Å². The maximum Gasteiger partial charge on any atom is 0.225 e. The summed E-state index contributed by atoms with van der Waals surface area (Å²) in [6, 6.07) is 2.53. The molecule has 1 saturated carbocycles. The molecule has 2 heterocycles. The van der Waals surface area contributed by atoms with Crippen molar-refractivity contribution in [1.82, 2.24) is 20.0 Å². The number of amides is 1. The molecule has 1 saturated heterocycles. The fourth-order valence-corrected chi connectivity index (χ4v) is 3.35. The minimum absolute atomic E-state index is 0.0369. The second-order valence-electron chi connectivity index (χ2n) is 6.70. The molecule has 1 aromatic rings. The standard InChI is InChI=1S/C16H26N4O2/c1-11-6-14(19(2)18-11)8-20-7-12(10-22-3)15(9-20)16(21)17-13-4-5-13/h6,12-13,15H,4-5,7-10H2,1-3H3,(H,17,21)/t12-,15+/m0/s1. The van der Waals surface area contributed by atoms with Crippen LogP contribution in [0, 0.1) is 18.8 Å². The van der Waals surface area contributed by atoms with Gasteiger partial charge in [-0.05, 0) is 25.8 Å². The van der Waals surface area contributed by atoms with Gasteiger partial charge in [-0.25, -0.2) is 0 Å². The zero-order chi connectivity index (χ0) is 15.7. The maximum absolute atomic E-state index is 12.4. The second kappa shape index (κ2) is 6.38. The van der Waals surface area contributed by atoms with E-state index >= 15 is 0 Å². The first-order valence-electron chi connectivity index (χ1n) is 8.08. The highest BCUT2D eigenvalue weighted by Gasteiger charge is 2.39. The molecule has 6 heteroatoms. The highest BCUT2D eigenvalue weighted by molar-refractivity contribution is 5.80. The second-order valence-corrected chi connectivity index (χ2v) is 6.70. The molecule has 2 aliphatic rings. The molecule has 0 bridgehead atoms. The summed E-state index contributed by atoms with van der Waals surface area (Å²) in [5.41, 5.74) is 2.23. The number of aryl methyl sites for hydroxylation is 2. The third-order valence-electron chi connectivity index (χ3n) is 4.64. The number of methoxy groups -OCH3 is 1. The number of likely N-dealkylation sites (tertiary alicyclic amines) is 1. The predicted molar refractivity (Wildman–Crippen MR) is 83.2 cm³/mol. The predicted octanol–water partition coefficient (Wildman–Crippen LogP) is 0.702. The zero-order valence-electron chi connectivity index (χ0n) is 13.7. The molecule has 1 aromatic heterocycles. The lowest BCUT2D eigenvalue weighted by Gasteiger charge is -2.16. The van der Waals surface area contributed by atoms with E-state index < -0.39 is 0 Å². The number of nitrogens with zero attached hydrogens (tertiary/aromatic N) is 3. The summed E-state index contributed by atoms with van der Waals surface area (Å²) in [5.74, 6) is 0.515. The van der Waals surface area contributed by atoms with E-state index in [0.29, 0.717) is 12.6 Å². The lowest BCUT2D eigenvalue weighted by Crippen LogP contribution is -2.37. The van der Waals surface area contributed by atoms with Gasteiger partial charge in [0.1, 0.15) is 0 Å². The van der Waals surface area contributed by atoms with Crippen molar-refractivity contribution in [3.8, 4) is 0 Å². The number of hydrogen-bond acceptors (Lipinski definition) is 4. The zero-order valence-corrected chi connectivity index (χ0v) is 13.7. The van der Waals surface area contributed by atoms with E-state index in [1.165, 1.54) is 5.69 Å². The van der Waals surface area contributed by atoms with Gasteiger partial charge < -0.3 is 10.1 Å². The van der Waals surface area contributed by atoms with E-state index in [-0.39, 0.29) is 17.7 Å². The average molecular weight is 306 g/mol. The largest absolute Gasteiger partial charge is 0.384 e. The van der Waals surface area contributed by atoms with Crippen LogP contribution in [0.4, 0.5) is 0 Å². The summed E-state index contributed by atoms with van der Waals surface area (Å²) in [6.07, 6.45) is 2.26. The molecule has 0 radical (unpaired) electrons. The van der Waals surface area contributed by atoms with Gasteiger partial charge in [0.25, 0.3) is 0 Å². The van der Waals surface area contributed by atoms with Crippen LogP contribution in [0.25, 0.3) is 0 Å². The summed E-state index contributed by atoms with van der Waals surface area (Å²) in [5, 5.41) is 7.54. The van der Waals surface area contributed by atoms with Crippen LogP contribution in [0.5, 0.6) is 0 Å². The number of carbonyl (C=O) groups excluding carboxylic acids is 1. The average Bonchev–Trinajstić information content (AvgIpc) is 3.09. The Bertz CT molecular complexity index is 538. The van der Waals surface area contributed by atoms with Crippen molar-refractivity contribution < 1.29 is 9.53 Å². The van der Waals surface area contributed by atoms with E-state index in [4.69, 9.17) is 4.74 Å². The van der Waals surface area contributed by atoms with Gasteiger partial charge in [0.2, 0.25) is 5.91 Å². The summed E-state index contributed by atoms with van der Waals surface area (Å²) in [7, 11) is 3.69. The fourth-order valence-electron chi connectivity index (χ4n) is 3.35. The van der Waals surface area contributed by atoms with Crippen molar-refractivity contribution in [2.45, 2.75) is 32.4 Å². The Hall–Kier alpha value is -1.40. The number of hydrogen-bond donors (Lipinski definition) is 1. The van der Waals surface area contributed by atoms with E-state index in [1.54, 1.807) is 7.11 Å². The smallest absolute Gasteiger partial charge is 0.225 e. The summed E-state index contributed by atoms with van der Waals surface area (Å²) in [4.78, 5) is 14.8. The molecule has 1 amide bonds. The van der Waals surface area contributed by atoms with Gasteiger partial charge in [-0.1, -0.05) is 0 Å². The Morgan fingerprint density at radius 1 is 1.45 bits per heavy atom. The lowest BCUT2D eigenvalue weighted by atomic mass is 9.96. The molecular formula is C16H26N4O2. The number of carbonyl (C=O) groups is 1. The third kappa shape index (κ3) is 3.50. The first-order chi connectivity index (χ1) is 10.6. The molecule has 2 fully saturated rings. The van der Waals surface area contributed by atoms with Gasteiger partial charge in [0.05, 0.1) is 23.9 Å². The summed E-state index contributed by atoms with van der Waals surface area (Å²) in [6.45, 7) is 5.19. The molecular weight excluding hydrogens is 280 g/mol. The van der Waals surface area contributed by atoms with Gasteiger partial charge in [0, 0.05) is 45.8 Å². The van der Waals surface area contributed by atoms with Crippen LogP contribution in [0.15, 0.2) is 6.07 Å². The van der Waals surface area contributed by atoms with Crippen LogP contribution >= 0.6 is 0 Å². The molecule has 3 rings (SSSR count). The van der Waals surface area contributed by atoms with Gasteiger partial charge in [-0.3, -0.25) is 14.4 Å². The quantitative estimate of drug-likeness (QED) is 0.840.